The molecule has 0 atom stereocenters. The first-order valence-corrected chi connectivity index (χ1v) is 8.55. The molecule has 4 heteroatoms. The Hall–Kier alpha value is -1.39. The van der Waals surface area contributed by atoms with Crippen LogP contribution in [0, 0.1) is 5.92 Å². The average molecular weight is 300 g/mol. The van der Waals surface area contributed by atoms with Crippen molar-refractivity contribution in [1.29, 1.82) is 0 Å². The van der Waals surface area contributed by atoms with Gasteiger partial charge in [0, 0.05) is 20.0 Å². The molecule has 22 heavy (non-hydrogen) atoms. The maximum atomic E-state index is 4.78. The molecule has 0 amide bonds. The van der Waals surface area contributed by atoms with E-state index in [2.05, 4.69) is 46.1 Å². The van der Waals surface area contributed by atoms with Gasteiger partial charge in [-0.2, -0.15) is 0 Å². The quantitative estimate of drug-likeness (QED) is 0.889. The minimum atomic E-state index is 0.916. The molecule has 120 valence electrons. The van der Waals surface area contributed by atoms with Gasteiger partial charge in [0.2, 0.25) is 0 Å². The van der Waals surface area contributed by atoms with Crippen LogP contribution in [0.3, 0.4) is 0 Å². The lowest BCUT2D eigenvalue weighted by Crippen LogP contribution is -2.36. The van der Waals surface area contributed by atoms with Crippen molar-refractivity contribution in [3.05, 3.63) is 30.1 Å². The average Bonchev–Trinajstić information content (AvgIpc) is 2.88. The standard InChI is InChI=1S/C18H28N4/c1-19-11-7-15-8-12-22(13-9-15)14-10-18-20-16-5-3-4-6-17(16)21(18)2/h3-6,15,19H,7-14H2,1-2H3. The number of piperidine rings is 1. The zero-order chi connectivity index (χ0) is 15.4. The molecule has 1 aromatic heterocycles. The largest absolute Gasteiger partial charge is 0.331 e. The third-order valence-corrected chi connectivity index (χ3v) is 5.04. The van der Waals surface area contributed by atoms with E-state index in [0.29, 0.717) is 0 Å². The van der Waals surface area contributed by atoms with Gasteiger partial charge in [-0.3, -0.25) is 0 Å². The van der Waals surface area contributed by atoms with E-state index in [0.717, 1.165) is 30.9 Å². The van der Waals surface area contributed by atoms with E-state index in [4.69, 9.17) is 4.98 Å². The van der Waals surface area contributed by atoms with Gasteiger partial charge in [0.25, 0.3) is 0 Å². The number of fused-ring (bicyclic) bond motifs is 1. The number of para-hydroxylation sites is 2. The molecule has 1 aliphatic heterocycles. The molecule has 1 aromatic carbocycles. The highest BCUT2D eigenvalue weighted by Gasteiger charge is 2.19. The van der Waals surface area contributed by atoms with Gasteiger partial charge in [0.15, 0.2) is 0 Å². The van der Waals surface area contributed by atoms with E-state index in [1.807, 2.05) is 7.05 Å². The zero-order valence-electron chi connectivity index (χ0n) is 13.9. The first kappa shape index (κ1) is 15.5. The molecular formula is C18H28N4. The van der Waals surface area contributed by atoms with Crippen molar-refractivity contribution in [2.45, 2.75) is 25.7 Å². The van der Waals surface area contributed by atoms with Crippen LogP contribution in [0.1, 0.15) is 25.1 Å². The number of nitrogens with zero attached hydrogens (tertiary/aromatic N) is 3. The van der Waals surface area contributed by atoms with Gasteiger partial charge < -0.3 is 14.8 Å². The summed E-state index contributed by atoms with van der Waals surface area (Å²) in [6.45, 7) is 4.79. The first-order valence-electron chi connectivity index (χ1n) is 8.55. The number of hydrogen-bond acceptors (Lipinski definition) is 3. The third kappa shape index (κ3) is 3.50. The Kier molecular flexibility index (Phi) is 5.11. The van der Waals surface area contributed by atoms with Crippen molar-refractivity contribution >= 4 is 11.0 Å². The monoisotopic (exact) mass is 300 g/mol. The highest BCUT2D eigenvalue weighted by atomic mass is 15.1. The Bertz CT molecular complexity index is 596. The summed E-state index contributed by atoms with van der Waals surface area (Å²) < 4.78 is 2.25. The number of rotatable bonds is 6. The molecule has 0 aliphatic carbocycles. The fourth-order valence-corrected chi connectivity index (χ4v) is 3.52. The van der Waals surface area contributed by atoms with Crippen LogP contribution in [0.5, 0.6) is 0 Å². The number of aryl methyl sites for hydroxylation is 1. The second-order valence-electron chi connectivity index (χ2n) is 6.50. The van der Waals surface area contributed by atoms with Crippen LogP contribution in [-0.2, 0) is 13.5 Å². The summed E-state index contributed by atoms with van der Waals surface area (Å²) >= 11 is 0. The van der Waals surface area contributed by atoms with E-state index < -0.39 is 0 Å². The Balaban J connectivity index is 1.51. The second kappa shape index (κ2) is 7.25. The lowest BCUT2D eigenvalue weighted by Gasteiger charge is -2.31. The lowest BCUT2D eigenvalue weighted by molar-refractivity contribution is 0.180. The normalized spacial score (nSPS) is 17.4. The fraction of sp³-hybridized carbons (Fsp3) is 0.611. The van der Waals surface area contributed by atoms with Gasteiger partial charge in [-0.1, -0.05) is 12.1 Å². The van der Waals surface area contributed by atoms with Crippen LogP contribution in [0.4, 0.5) is 0 Å². The van der Waals surface area contributed by atoms with E-state index in [-0.39, 0.29) is 0 Å². The lowest BCUT2D eigenvalue weighted by atomic mass is 9.93. The molecule has 0 bridgehead atoms. The van der Waals surface area contributed by atoms with Gasteiger partial charge >= 0.3 is 0 Å². The summed E-state index contributed by atoms with van der Waals surface area (Å²) in [6.07, 6.45) is 5.08. The second-order valence-corrected chi connectivity index (χ2v) is 6.50. The molecule has 0 saturated carbocycles. The number of hydrogen-bond donors (Lipinski definition) is 1. The predicted octanol–water partition coefficient (Wildman–Crippen LogP) is 2.44. The Labute approximate surface area is 133 Å². The highest BCUT2D eigenvalue weighted by molar-refractivity contribution is 5.75. The van der Waals surface area contributed by atoms with E-state index in [1.54, 1.807) is 0 Å². The molecule has 4 nitrogen and oxygen atoms in total. The third-order valence-electron chi connectivity index (χ3n) is 5.04. The molecule has 0 radical (unpaired) electrons. The molecule has 2 aromatic rings. The van der Waals surface area contributed by atoms with Crippen molar-refractivity contribution in [2.24, 2.45) is 13.0 Å². The number of nitrogens with one attached hydrogen (secondary N) is 1. The minimum Gasteiger partial charge on any atom is -0.331 e. The van der Waals surface area contributed by atoms with Crippen molar-refractivity contribution in [3.63, 3.8) is 0 Å². The maximum Gasteiger partial charge on any atom is 0.110 e. The molecule has 1 fully saturated rings. The van der Waals surface area contributed by atoms with Gasteiger partial charge in [0.05, 0.1) is 11.0 Å². The van der Waals surface area contributed by atoms with Crippen molar-refractivity contribution in [3.8, 4) is 0 Å². The Morgan fingerprint density at radius 1 is 1.23 bits per heavy atom. The first-order chi connectivity index (χ1) is 10.8. The van der Waals surface area contributed by atoms with E-state index in [1.165, 1.54) is 43.7 Å². The van der Waals surface area contributed by atoms with Crippen LogP contribution in [0.2, 0.25) is 0 Å². The topological polar surface area (TPSA) is 33.1 Å². The SMILES string of the molecule is CNCCC1CCN(CCc2nc3ccccc3n2C)CC1. The maximum absolute atomic E-state index is 4.78. The molecule has 1 N–H and O–H groups in total. The molecule has 1 aliphatic rings. The molecular weight excluding hydrogens is 272 g/mol. The van der Waals surface area contributed by atoms with Crippen molar-refractivity contribution in [1.82, 2.24) is 19.8 Å². The predicted molar refractivity (Wildman–Crippen MR) is 92.1 cm³/mol. The van der Waals surface area contributed by atoms with Gasteiger partial charge in [-0.25, -0.2) is 4.98 Å². The number of aromatic nitrogens is 2. The van der Waals surface area contributed by atoms with Gasteiger partial charge in [-0.05, 0) is 64.0 Å². The van der Waals surface area contributed by atoms with Crippen molar-refractivity contribution in [2.75, 3.05) is 33.2 Å². The molecule has 0 spiro atoms. The van der Waals surface area contributed by atoms with Crippen LogP contribution < -0.4 is 5.32 Å². The van der Waals surface area contributed by atoms with Crippen LogP contribution >= 0.6 is 0 Å². The van der Waals surface area contributed by atoms with E-state index >= 15 is 0 Å². The summed E-state index contributed by atoms with van der Waals surface area (Å²) in [6, 6.07) is 8.41. The summed E-state index contributed by atoms with van der Waals surface area (Å²) in [5.74, 6) is 2.12. The summed E-state index contributed by atoms with van der Waals surface area (Å²) in [7, 11) is 4.18. The van der Waals surface area contributed by atoms with Gasteiger partial charge in [-0.15, -0.1) is 0 Å². The zero-order valence-corrected chi connectivity index (χ0v) is 13.9. The summed E-state index contributed by atoms with van der Waals surface area (Å²) in [4.78, 5) is 7.39. The smallest absolute Gasteiger partial charge is 0.110 e. The molecule has 3 rings (SSSR count). The summed E-state index contributed by atoms with van der Waals surface area (Å²) in [5, 5.41) is 3.27. The van der Waals surface area contributed by atoms with Crippen molar-refractivity contribution < 1.29 is 0 Å². The Morgan fingerprint density at radius 2 is 2.00 bits per heavy atom. The fourth-order valence-electron chi connectivity index (χ4n) is 3.52. The van der Waals surface area contributed by atoms with Gasteiger partial charge in [0.1, 0.15) is 5.82 Å². The van der Waals surface area contributed by atoms with Crippen LogP contribution in [0.15, 0.2) is 24.3 Å². The molecule has 1 saturated heterocycles. The number of likely N-dealkylation sites (tertiary alicyclic amines) is 1. The molecule has 2 heterocycles. The number of benzene rings is 1. The van der Waals surface area contributed by atoms with Crippen LogP contribution in [0.25, 0.3) is 11.0 Å². The number of imidazole rings is 1. The van der Waals surface area contributed by atoms with Crippen LogP contribution in [-0.4, -0.2) is 47.7 Å². The summed E-state index contributed by atoms with van der Waals surface area (Å²) in [5.41, 5.74) is 2.36. The molecule has 0 unspecified atom stereocenters. The van der Waals surface area contributed by atoms with E-state index in [9.17, 15) is 0 Å². The minimum absolute atomic E-state index is 0.916. The highest BCUT2D eigenvalue weighted by Crippen LogP contribution is 2.20. The Morgan fingerprint density at radius 3 is 2.73 bits per heavy atom.